The van der Waals surface area contributed by atoms with E-state index in [1.54, 1.807) is 18.0 Å². The second-order valence-corrected chi connectivity index (χ2v) is 12.1. The zero-order valence-electron chi connectivity index (χ0n) is 14.4. The summed E-state index contributed by atoms with van der Waals surface area (Å²) in [4.78, 5) is 5.77. The number of nitrogens with zero attached hydrogens (tertiary/aromatic N) is 2. The molecule has 2 heterocycles. The lowest BCUT2D eigenvalue weighted by molar-refractivity contribution is -0.0346. The van der Waals surface area contributed by atoms with Gasteiger partial charge in [0.25, 0.3) is 0 Å². The quantitative estimate of drug-likeness (QED) is 0.420. The van der Waals surface area contributed by atoms with Crippen molar-refractivity contribution in [2.75, 3.05) is 19.5 Å². The van der Waals surface area contributed by atoms with Gasteiger partial charge in [-0.05, 0) is 32.8 Å². The summed E-state index contributed by atoms with van der Waals surface area (Å²) in [5.41, 5.74) is 6.51. The minimum Gasteiger partial charge on any atom is -0.389 e. The number of aliphatic hydroxyl groups is 1. The van der Waals surface area contributed by atoms with Gasteiger partial charge in [0, 0.05) is 6.20 Å². The SMILES string of the molecule is C=C1N=C(N)C(C#CC)=CN1[C@@H]1O[C@H](CCP(=C)(C)C)[C@@H](O)C1Br. The Bertz CT molecular complexity index is 686. The molecule has 0 amide bonds. The Balaban J connectivity index is 2.18. The molecular formula is C17H25BrN3O2P. The Morgan fingerprint density at radius 3 is 2.79 bits per heavy atom. The molecule has 1 saturated heterocycles. The van der Waals surface area contributed by atoms with Crippen LogP contribution in [0.5, 0.6) is 0 Å². The van der Waals surface area contributed by atoms with Gasteiger partial charge in [0.05, 0.1) is 22.6 Å². The topological polar surface area (TPSA) is 71.1 Å². The van der Waals surface area contributed by atoms with Crippen molar-refractivity contribution in [3.8, 4) is 11.8 Å². The number of amidine groups is 1. The van der Waals surface area contributed by atoms with Gasteiger partial charge in [-0.15, -0.1) is 19.1 Å². The van der Waals surface area contributed by atoms with E-state index in [9.17, 15) is 5.11 Å². The standard InChI is InChI=1S/C17H25BrN3O2P/c1-6-7-12-10-21(11(2)20-16(12)19)17-14(18)15(22)13(23-17)8-9-24(3,4)5/h10,13-15,17,22H,2-3,8-9H2,1,4-5H3,(H2,19,20)/t13-,14?,15-,17-/m1/s1. The number of alkyl halides is 1. The van der Waals surface area contributed by atoms with Crippen molar-refractivity contribution in [1.29, 1.82) is 0 Å². The van der Waals surface area contributed by atoms with E-state index >= 15 is 0 Å². The highest BCUT2D eigenvalue weighted by Gasteiger charge is 2.45. The zero-order chi connectivity index (χ0) is 18.1. The summed E-state index contributed by atoms with van der Waals surface area (Å²) in [5.74, 6) is 6.56. The minimum atomic E-state index is -1.16. The first kappa shape index (κ1) is 19.3. The lowest BCUT2D eigenvalue weighted by Gasteiger charge is -2.31. The average molecular weight is 414 g/mol. The molecule has 2 aliphatic heterocycles. The number of hydrogen-bond acceptors (Lipinski definition) is 5. The maximum atomic E-state index is 10.5. The number of ether oxygens (including phenoxy) is 1. The summed E-state index contributed by atoms with van der Waals surface area (Å²) in [6.07, 6.45) is 6.49. The monoisotopic (exact) mass is 413 g/mol. The highest BCUT2D eigenvalue weighted by molar-refractivity contribution is 9.09. The van der Waals surface area contributed by atoms with Crippen molar-refractivity contribution >= 4 is 35.0 Å². The van der Waals surface area contributed by atoms with E-state index in [1.165, 1.54) is 0 Å². The zero-order valence-corrected chi connectivity index (χ0v) is 16.8. The molecule has 3 N–H and O–H groups in total. The second-order valence-electron chi connectivity index (χ2n) is 6.69. The summed E-state index contributed by atoms with van der Waals surface area (Å²) < 4.78 is 6.11. The predicted molar refractivity (Wildman–Crippen MR) is 107 cm³/mol. The molecule has 0 aliphatic carbocycles. The fourth-order valence-corrected chi connectivity index (χ4v) is 4.30. The maximum Gasteiger partial charge on any atom is 0.150 e. The van der Waals surface area contributed by atoms with Gasteiger partial charge in [0.1, 0.15) is 11.7 Å². The van der Waals surface area contributed by atoms with Crippen LogP contribution in [-0.4, -0.2) is 64.9 Å². The molecule has 0 saturated carbocycles. The molecule has 5 nitrogen and oxygen atoms in total. The fourth-order valence-electron chi connectivity index (χ4n) is 2.63. The van der Waals surface area contributed by atoms with E-state index in [2.05, 4.69) is 59.0 Å². The number of rotatable bonds is 4. The highest BCUT2D eigenvalue weighted by atomic mass is 79.9. The molecule has 2 aliphatic rings. The molecule has 0 bridgehead atoms. The molecule has 24 heavy (non-hydrogen) atoms. The summed E-state index contributed by atoms with van der Waals surface area (Å²) in [5, 5.41) is 10.5. The van der Waals surface area contributed by atoms with E-state index in [1.807, 2.05) is 0 Å². The van der Waals surface area contributed by atoms with E-state index in [4.69, 9.17) is 10.5 Å². The third-order valence-corrected chi connectivity index (χ3v) is 6.40. The summed E-state index contributed by atoms with van der Waals surface area (Å²) >= 11 is 3.56. The molecule has 2 rings (SSSR count). The van der Waals surface area contributed by atoms with Gasteiger partial charge >= 0.3 is 0 Å². The first-order valence-corrected chi connectivity index (χ1v) is 11.7. The molecule has 132 valence electrons. The Labute approximate surface area is 152 Å². The first-order chi connectivity index (χ1) is 11.1. The van der Waals surface area contributed by atoms with Crippen molar-refractivity contribution in [3.05, 3.63) is 24.2 Å². The second kappa shape index (κ2) is 7.49. The van der Waals surface area contributed by atoms with Gasteiger partial charge in [-0.25, -0.2) is 4.99 Å². The fraction of sp³-hybridized carbons (Fsp3) is 0.529. The molecule has 0 spiro atoms. The molecule has 0 aromatic carbocycles. The van der Waals surface area contributed by atoms with Crippen LogP contribution in [0, 0.1) is 11.8 Å². The molecule has 1 fully saturated rings. The van der Waals surface area contributed by atoms with Crippen molar-refractivity contribution in [3.63, 3.8) is 0 Å². The lowest BCUT2D eigenvalue weighted by atomic mass is 10.1. The van der Waals surface area contributed by atoms with Crippen LogP contribution < -0.4 is 5.73 Å². The minimum absolute atomic E-state index is 0.245. The predicted octanol–water partition coefficient (Wildman–Crippen LogP) is 1.99. The van der Waals surface area contributed by atoms with Crippen LogP contribution >= 0.6 is 22.8 Å². The highest BCUT2D eigenvalue weighted by Crippen LogP contribution is 2.40. The average Bonchev–Trinajstić information content (AvgIpc) is 2.75. The maximum absolute atomic E-state index is 10.5. The number of aliphatic imine (C=N–C) groups is 1. The normalized spacial score (nSPS) is 30.5. The molecule has 4 atom stereocenters. The Hall–Kier alpha value is -0.990. The Morgan fingerprint density at radius 2 is 2.21 bits per heavy atom. The summed E-state index contributed by atoms with van der Waals surface area (Å²) in [6.45, 7) is 8.87. The van der Waals surface area contributed by atoms with E-state index in [0.29, 0.717) is 17.2 Å². The van der Waals surface area contributed by atoms with Crippen molar-refractivity contribution in [1.82, 2.24) is 4.90 Å². The Morgan fingerprint density at radius 1 is 1.54 bits per heavy atom. The number of nitrogens with two attached hydrogens (primary N) is 1. The molecule has 0 radical (unpaired) electrons. The summed E-state index contributed by atoms with van der Waals surface area (Å²) in [7, 11) is 0. The van der Waals surface area contributed by atoms with Crippen LogP contribution in [0.15, 0.2) is 29.2 Å². The molecule has 0 aromatic rings. The van der Waals surface area contributed by atoms with Crippen LogP contribution in [0.2, 0.25) is 0 Å². The van der Waals surface area contributed by atoms with Gasteiger partial charge in [-0.2, -0.15) is 0 Å². The number of hydrogen-bond donors (Lipinski definition) is 2. The largest absolute Gasteiger partial charge is 0.389 e. The third kappa shape index (κ3) is 4.34. The van der Waals surface area contributed by atoms with Crippen molar-refractivity contribution in [2.45, 2.75) is 36.6 Å². The molecular weight excluding hydrogens is 389 g/mol. The van der Waals surface area contributed by atoms with E-state index < -0.39 is 19.2 Å². The van der Waals surface area contributed by atoms with Crippen LogP contribution in [0.25, 0.3) is 0 Å². The van der Waals surface area contributed by atoms with Crippen LogP contribution in [0.3, 0.4) is 0 Å². The van der Waals surface area contributed by atoms with Gasteiger partial charge in [-0.3, -0.25) is 0 Å². The van der Waals surface area contributed by atoms with Gasteiger partial charge < -0.3 is 20.5 Å². The van der Waals surface area contributed by atoms with Crippen molar-refractivity contribution < 1.29 is 9.84 Å². The lowest BCUT2D eigenvalue weighted by Crippen LogP contribution is -2.39. The van der Waals surface area contributed by atoms with E-state index in [0.717, 1.165) is 12.6 Å². The van der Waals surface area contributed by atoms with Gasteiger partial charge in [0.15, 0.2) is 6.23 Å². The number of aliphatic hydroxyl groups excluding tert-OH is 1. The summed E-state index contributed by atoms with van der Waals surface area (Å²) in [6, 6.07) is 0. The molecule has 1 unspecified atom stereocenters. The number of halogens is 1. The third-order valence-electron chi connectivity index (χ3n) is 3.94. The smallest absolute Gasteiger partial charge is 0.150 e. The van der Waals surface area contributed by atoms with Crippen LogP contribution in [-0.2, 0) is 4.74 Å². The molecule has 0 aromatic heterocycles. The molecule has 7 heteroatoms. The van der Waals surface area contributed by atoms with Crippen LogP contribution in [0.4, 0.5) is 0 Å². The van der Waals surface area contributed by atoms with E-state index in [-0.39, 0.29) is 10.9 Å². The van der Waals surface area contributed by atoms with Gasteiger partial charge in [-0.1, -0.05) is 28.4 Å². The van der Waals surface area contributed by atoms with Gasteiger partial charge in [0.2, 0.25) is 0 Å². The van der Waals surface area contributed by atoms with Crippen LogP contribution in [0.1, 0.15) is 13.3 Å². The van der Waals surface area contributed by atoms with Crippen molar-refractivity contribution in [2.24, 2.45) is 10.7 Å². The Kier molecular flexibility index (Phi) is 6.04. The first-order valence-electron chi connectivity index (χ1n) is 7.75.